The van der Waals surface area contributed by atoms with Crippen LogP contribution in [0.5, 0.6) is 0 Å². The summed E-state index contributed by atoms with van der Waals surface area (Å²) < 4.78 is 16.0. The first kappa shape index (κ1) is 19.2. The molecule has 1 atom stereocenters. The summed E-state index contributed by atoms with van der Waals surface area (Å²) in [6, 6.07) is 9.37. The molecule has 1 aromatic carbocycles. The lowest BCUT2D eigenvalue weighted by atomic mass is 9.70. The zero-order valence-electron chi connectivity index (χ0n) is 15.9. The molecule has 6 nitrogen and oxygen atoms in total. The van der Waals surface area contributed by atoms with Crippen molar-refractivity contribution in [2.24, 2.45) is 11.1 Å². The first-order valence-corrected chi connectivity index (χ1v) is 8.99. The molecule has 144 valence electrons. The first-order chi connectivity index (χ1) is 12.8. The lowest BCUT2D eigenvalue weighted by Crippen LogP contribution is -2.35. The molecule has 0 bridgehead atoms. The van der Waals surface area contributed by atoms with Crippen molar-refractivity contribution in [2.75, 3.05) is 20.3 Å². The Kier molecular flexibility index (Phi) is 5.37. The molecule has 6 heteroatoms. The maximum atomic E-state index is 13.0. The molecule has 1 aromatic rings. The number of hydrogen-bond acceptors (Lipinski definition) is 6. The van der Waals surface area contributed by atoms with Gasteiger partial charge in [0.15, 0.2) is 5.78 Å². The predicted molar refractivity (Wildman–Crippen MR) is 99.4 cm³/mol. The van der Waals surface area contributed by atoms with Crippen molar-refractivity contribution in [3.8, 4) is 0 Å². The summed E-state index contributed by atoms with van der Waals surface area (Å²) in [5.74, 6) is -0.660. The van der Waals surface area contributed by atoms with Gasteiger partial charge in [0.25, 0.3) is 0 Å². The first-order valence-electron chi connectivity index (χ1n) is 8.99. The van der Waals surface area contributed by atoms with Crippen LogP contribution in [-0.4, -0.2) is 32.1 Å². The molecule has 0 spiro atoms. The van der Waals surface area contributed by atoms with E-state index in [2.05, 4.69) is 0 Å². The van der Waals surface area contributed by atoms with Gasteiger partial charge < -0.3 is 19.9 Å². The van der Waals surface area contributed by atoms with E-state index in [0.717, 1.165) is 5.56 Å². The van der Waals surface area contributed by atoms with Gasteiger partial charge in [-0.3, -0.25) is 4.79 Å². The highest BCUT2D eigenvalue weighted by molar-refractivity contribution is 6.03. The molecule has 3 rings (SSSR count). The lowest BCUT2D eigenvalue weighted by molar-refractivity contribution is -0.140. The molecule has 1 aliphatic carbocycles. The van der Waals surface area contributed by atoms with E-state index in [9.17, 15) is 9.59 Å². The van der Waals surface area contributed by atoms with Crippen LogP contribution in [0.25, 0.3) is 0 Å². The second kappa shape index (κ2) is 7.56. The quantitative estimate of drug-likeness (QED) is 0.632. The number of ketones is 1. The SMILES string of the molecule is COCCOC(=O)C1=C(N)OC2=C(C(=O)CC(C)(C)C2)C1c1ccccc1. The number of Topliss-reactive ketones (excluding diaryl/α,β-unsaturated/α-hetero) is 1. The van der Waals surface area contributed by atoms with E-state index in [4.69, 9.17) is 19.9 Å². The number of esters is 1. The van der Waals surface area contributed by atoms with Gasteiger partial charge in [0, 0.05) is 25.5 Å². The molecule has 2 aliphatic rings. The third-order valence-electron chi connectivity index (χ3n) is 4.83. The third kappa shape index (κ3) is 3.90. The van der Waals surface area contributed by atoms with Gasteiger partial charge in [0.2, 0.25) is 5.88 Å². The van der Waals surface area contributed by atoms with Crippen LogP contribution in [0.1, 0.15) is 38.2 Å². The fourth-order valence-electron chi connectivity index (χ4n) is 3.66. The summed E-state index contributed by atoms with van der Waals surface area (Å²) in [6.45, 7) is 4.41. The molecule has 0 saturated carbocycles. The molecule has 1 heterocycles. The zero-order valence-corrected chi connectivity index (χ0v) is 15.9. The molecule has 0 radical (unpaired) electrons. The molecule has 0 aromatic heterocycles. The Balaban J connectivity index is 2.06. The molecule has 0 fully saturated rings. The van der Waals surface area contributed by atoms with Crippen LogP contribution in [0.15, 0.2) is 53.1 Å². The van der Waals surface area contributed by atoms with Gasteiger partial charge in [-0.2, -0.15) is 0 Å². The molecule has 2 N–H and O–H groups in total. The van der Waals surface area contributed by atoms with Crippen molar-refractivity contribution in [1.29, 1.82) is 0 Å². The summed E-state index contributed by atoms with van der Waals surface area (Å²) in [6.07, 6.45) is 0.981. The third-order valence-corrected chi connectivity index (χ3v) is 4.83. The van der Waals surface area contributed by atoms with Gasteiger partial charge in [0.1, 0.15) is 17.9 Å². The van der Waals surface area contributed by atoms with E-state index in [1.54, 1.807) is 0 Å². The number of nitrogens with two attached hydrogens (primary N) is 1. The fraction of sp³-hybridized carbons (Fsp3) is 0.429. The largest absolute Gasteiger partial charge is 0.460 e. The monoisotopic (exact) mass is 371 g/mol. The Morgan fingerprint density at radius 1 is 1.22 bits per heavy atom. The lowest BCUT2D eigenvalue weighted by Gasteiger charge is -2.37. The Morgan fingerprint density at radius 2 is 1.93 bits per heavy atom. The zero-order chi connectivity index (χ0) is 19.6. The molecular weight excluding hydrogens is 346 g/mol. The van der Waals surface area contributed by atoms with E-state index >= 15 is 0 Å². The van der Waals surface area contributed by atoms with Gasteiger partial charge in [0.05, 0.1) is 12.5 Å². The molecule has 1 unspecified atom stereocenters. The second-order valence-electron chi connectivity index (χ2n) is 7.63. The predicted octanol–water partition coefficient (Wildman–Crippen LogP) is 2.80. The van der Waals surface area contributed by atoms with Crippen LogP contribution in [0.4, 0.5) is 0 Å². The van der Waals surface area contributed by atoms with Crippen LogP contribution < -0.4 is 5.73 Å². The number of allylic oxidation sites excluding steroid dienone is 2. The van der Waals surface area contributed by atoms with E-state index in [0.29, 0.717) is 24.2 Å². The van der Waals surface area contributed by atoms with Gasteiger partial charge in [-0.1, -0.05) is 44.2 Å². The van der Waals surface area contributed by atoms with E-state index in [-0.39, 0.29) is 35.9 Å². The number of benzene rings is 1. The van der Waals surface area contributed by atoms with Crippen molar-refractivity contribution in [3.05, 3.63) is 58.7 Å². The molecule has 0 saturated heterocycles. The van der Waals surface area contributed by atoms with Crippen molar-refractivity contribution in [2.45, 2.75) is 32.6 Å². The number of ether oxygens (including phenoxy) is 3. The van der Waals surface area contributed by atoms with Gasteiger partial charge in [-0.05, 0) is 11.0 Å². The molecule has 0 amide bonds. The second-order valence-corrected chi connectivity index (χ2v) is 7.63. The Hall–Kier alpha value is -2.60. The van der Waals surface area contributed by atoms with Crippen LogP contribution >= 0.6 is 0 Å². The standard InChI is InChI=1S/C21H25NO5/c1-21(2)11-14(23)17-15(12-21)27-19(22)18(20(24)26-10-9-25-3)16(17)13-7-5-4-6-8-13/h4-8,16H,9-12,22H2,1-3H3. The average molecular weight is 371 g/mol. The summed E-state index contributed by atoms with van der Waals surface area (Å²) >= 11 is 0. The molecular formula is C21H25NO5. The van der Waals surface area contributed by atoms with Crippen molar-refractivity contribution in [3.63, 3.8) is 0 Å². The van der Waals surface area contributed by atoms with E-state index in [1.165, 1.54) is 7.11 Å². The van der Waals surface area contributed by atoms with Gasteiger partial charge >= 0.3 is 5.97 Å². The number of hydrogen-bond donors (Lipinski definition) is 1. The number of carbonyl (C=O) groups excluding carboxylic acids is 2. The van der Waals surface area contributed by atoms with Crippen LogP contribution in [-0.2, 0) is 23.8 Å². The summed E-state index contributed by atoms with van der Waals surface area (Å²) in [4.78, 5) is 25.7. The number of rotatable bonds is 5. The van der Waals surface area contributed by atoms with Crippen LogP contribution in [0, 0.1) is 5.41 Å². The van der Waals surface area contributed by atoms with E-state index in [1.807, 2.05) is 44.2 Å². The minimum absolute atomic E-state index is 0.00415. The Morgan fingerprint density at radius 3 is 2.59 bits per heavy atom. The average Bonchev–Trinajstić information content (AvgIpc) is 2.60. The fourth-order valence-corrected chi connectivity index (χ4v) is 3.66. The topological polar surface area (TPSA) is 87.8 Å². The maximum Gasteiger partial charge on any atom is 0.340 e. The van der Waals surface area contributed by atoms with E-state index < -0.39 is 11.9 Å². The Labute approximate surface area is 159 Å². The summed E-state index contributed by atoms with van der Waals surface area (Å²) in [5.41, 5.74) is 7.40. The highest BCUT2D eigenvalue weighted by Crippen LogP contribution is 2.48. The van der Waals surface area contributed by atoms with Crippen LogP contribution in [0.3, 0.4) is 0 Å². The minimum atomic E-state index is -0.595. The van der Waals surface area contributed by atoms with Gasteiger partial charge in [-0.25, -0.2) is 4.79 Å². The molecule has 27 heavy (non-hydrogen) atoms. The normalized spacial score (nSPS) is 21.6. The summed E-state index contributed by atoms with van der Waals surface area (Å²) in [7, 11) is 1.53. The van der Waals surface area contributed by atoms with Crippen molar-refractivity contribution >= 4 is 11.8 Å². The van der Waals surface area contributed by atoms with Crippen LogP contribution in [0.2, 0.25) is 0 Å². The van der Waals surface area contributed by atoms with Gasteiger partial charge in [-0.15, -0.1) is 0 Å². The maximum absolute atomic E-state index is 13.0. The minimum Gasteiger partial charge on any atom is -0.460 e. The molecule has 1 aliphatic heterocycles. The Bertz CT molecular complexity index is 807. The number of methoxy groups -OCH3 is 1. The number of carbonyl (C=O) groups is 2. The van der Waals surface area contributed by atoms with Crippen molar-refractivity contribution < 1.29 is 23.8 Å². The smallest absolute Gasteiger partial charge is 0.340 e. The highest BCUT2D eigenvalue weighted by atomic mass is 16.6. The summed E-state index contributed by atoms with van der Waals surface area (Å²) in [5, 5.41) is 0. The highest BCUT2D eigenvalue weighted by Gasteiger charge is 2.44. The van der Waals surface area contributed by atoms with Crippen molar-refractivity contribution in [1.82, 2.24) is 0 Å².